The molecular formula is C14H21N3S. The maximum absolute atomic E-state index is 4.25. The summed E-state index contributed by atoms with van der Waals surface area (Å²) < 4.78 is 0.368. The predicted octanol–water partition coefficient (Wildman–Crippen LogP) is 2.45. The minimum Gasteiger partial charge on any atom is -0.355 e. The first-order valence-corrected chi connectivity index (χ1v) is 7.09. The Morgan fingerprint density at radius 2 is 2.00 bits per heavy atom. The molecule has 98 valence electrons. The van der Waals surface area contributed by atoms with E-state index in [0.717, 1.165) is 12.5 Å². The van der Waals surface area contributed by atoms with Crippen molar-refractivity contribution in [3.63, 3.8) is 0 Å². The van der Waals surface area contributed by atoms with E-state index in [1.165, 1.54) is 17.7 Å². The van der Waals surface area contributed by atoms with Crippen LogP contribution in [0, 0.1) is 0 Å². The highest BCUT2D eigenvalue weighted by atomic mass is 32.2. The van der Waals surface area contributed by atoms with E-state index >= 15 is 0 Å². The van der Waals surface area contributed by atoms with Crippen LogP contribution >= 0.6 is 11.8 Å². The number of benzene rings is 1. The van der Waals surface area contributed by atoms with Gasteiger partial charge in [-0.1, -0.05) is 18.2 Å². The SMILES string of the molecule is CN=C(NCC1(Sc2ccccc2)CC1)N(C)C. The third-order valence-corrected chi connectivity index (χ3v) is 4.58. The summed E-state index contributed by atoms with van der Waals surface area (Å²) in [7, 11) is 5.85. The maximum Gasteiger partial charge on any atom is 0.193 e. The number of aliphatic imine (C=N–C) groups is 1. The van der Waals surface area contributed by atoms with Crippen LogP contribution in [0.15, 0.2) is 40.2 Å². The van der Waals surface area contributed by atoms with Crippen LogP contribution in [-0.4, -0.2) is 43.3 Å². The van der Waals surface area contributed by atoms with Gasteiger partial charge in [-0.3, -0.25) is 4.99 Å². The number of hydrogen-bond acceptors (Lipinski definition) is 2. The molecule has 1 aromatic carbocycles. The van der Waals surface area contributed by atoms with Crippen molar-refractivity contribution in [1.82, 2.24) is 10.2 Å². The van der Waals surface area contributed by atoms with Gasteiger partial charge in [-0.25, -0.2) is 0 Å². The zero-order valence-electron chi connectivity index (χ0n) is 11.3. The first-order valence-electron chi connectivity index (χ1n) is 6.27. The minimum atomic E-state index is 0.368. The van der Waals surface area contributed by atoms with Gasteiger partial charge in [-0.05, 0) is 25.0 Å². The molecule has 1 aromatic rings. The Morgan fingerprint density at radius 1 is 1.33 bits per heavy atom. The van der Waals surface area contributed by atoms with Crippen LogP contribution in [-0.2, 0) is 0 Å². The van der Waals surface area contributed by atoms with E-state index in [2.05, 4.69) is 40.6 Å². The molecule has 0 atom stereocenters. The van der Waals surface area contributed by atoms with Crippen molar-refractivity contribution in [1.29, 1.82) is 0 Å². The Balaban J connectivity index is 1.89. The monoisotopic (exact) mass is 263 g/mol. The molecule has 1 aliphatic rings. The van der Waals surface area contributed by atoms with Crippen molar-refractivity contribution in [2.24, 2.45) is 4.99 Å². The van der Waals surface area contributed by atoms with E-state index in [1.807, 2.05) is 37.8 Å². The van der Waals surface area contributed by atoms with Gasteiger partial charge in [0.25, 0.3) is 0 Å². The highest BCUT2D eigenvalue weighted by molar-refractivity contribution is 8.01. The fourth-order valence-electron chi connectivity index (χ4n) is 1.87. The second-order valence-corrected chi connectivity index (χ2v) is 6.43. The number of guanidine groups is 1. The van der Waals surface area contributed by atoms with Gasteiger partial charge in [0, 0.05) is 37.3 Å². The van der Waals surface area contributed by atoms with E-state index in [-0.39, 0.29) is 0 Å². The zero-order valence-corrected chi connectivity index (χ0v) is 12.1. The van der Waals surface area contributed by atoms with Crippen LogP contribution < -0.4 is 5.32 Å². The molecule has 0 radical (unpaired) electrons. The Kier molecular flexibility index (Phi) is 4.17. The van der Waals surface area contributed by atoms with E-state index in [9.17, 15) is 0 Å². The molecule has 1 N–H and O–H groups in total. The summed E-state index contributed by atoms with van der Waals surface area (Å²) in [6.07, 6.45) is 2.56. The molecule has 1 aliphatic carbocycles. The van der Waals surface area contributed by atoms with Crippen LogP contribution in [0.4, 0.5) is 0 Å². The second kappa shape index (κ2) is 5.65. The van der Waals surface area contributed by atoms with Crippen molar-refractivity contribution >= 4 is 17.7 Å². The van der Waals surface area contributed by atoms with Gasteiger partial charge in [0.1, 0.15) is 0 Å². The maximum atomic E-state index is 4.25. The van der Waals surface area contributed by atoms with E-state index in [4.69, 9.17) is 0 Å². The molecule has 4 heteroatoms. The van der Waals surface area contributed by atoms with Crippen molar-refractivity contribution in [2.45, 2.75) is 22.5 Å². The fourth-order valence-corrected chi connectivity index (χ4v) is 3.11. The summed E-state index contributed by atoms with van der Waals surface area (Å²) in [5.74, 6) is 0.954. The molecule has 0 saturated heterocycles. The quantitative estimate of drug-likeness (QED) is 0.668. The molecule has 0 bridgehead atoms. The van der Waals surface area contributed by atoms with Crippen LogP contribution in [0.25, 0.3) is 0 Å². The number of nitrogens with one attached hydrogen (secondary N) is 1. The fraction of sp³-hybridized carbons (Fsp3) is 0.500. The van der Waals surface area contributed by atoms with Crippen LogP contribution in [0.1, 0.15) is 12.8 Å². The molecule has 1 saturated carbocycles. The van der Waals surface area contributed by atoms with Crippen LogP contribution in [0.5, 0.6) is 0 Å². The largest absolute Gasteiger partial charge is 0.355 e. The third-order valence-electron chi connectivity index (χ3n) is 3.09. The van der Waals surface area contributed by atoms with Crippen molar-refractivity contribution in [3.05, 3.63) is 30.3 Å². The smallest absolute Gasteiger partial charge is 0.193 e. The molecule has 18 heavy (non-hydrogen) atoms. The molecule has 0 heterocycles. The second-order valence-electron chi connectivity index (χ2n) is 4.89. The topological polar surface area (TPSA) is 27.6 Å². The third kappa shape index (κ3) is 3.42. The molecule has 2 rings (SSSR count). The van der Waals surface area contributed by atoms with Crippen LogP contribution in [0.2, 0.25) is 0 Å². The molecule has 0 amide bonds. The Morgan fingerprint density at radius 3 is 2.50 bits per heavy atom. The highest BCUT2D eigenvalue weighted by Gasteiger charge is 2.43. The summed E-state index contributed by atoms with van der Waals surface area (Å²) in [5, 5.41) is 3.45. The zero-order chi connectivity index (χ0) is 13.0. The Bertz CT molecular complexity index is 410. The van der Waals surface area contributed by atoms with E-state index in [1.54, 1.807) is 0 Å². The standard InChI is InChI=1S/C14H21N3S/c1-15-13(17(2)3)16-11-14(9-10-14)18-12-7-5-4-6-8-12/h4-8H,9-11H2,1-3H3,(H,15,16). The van der Waals surface area contributed by atoms with Gasteiger partial charge in [0.05, 0.1) is 0 Å². The Hall–Kier alpha value is -1.16. The molecule has 1 fully saturated rings. The van der Waals surface area contributed by atoms with Crippen molar-refractivity contribution in [2.75, 3.05) is 27.7 Å². The van der Waals surface area contributed by atoms with Gasteiger partial charge < -0.3 is 10.2 Å². The molecule has 3 nitrogen and oxygen atoms in total. The average molecular weight is 263 g/mol. The van der Waals surface area contributed by atoms with Gasteiger partial charge in [0.2, 0.25) is 0 Å². The molecule has 0 aliphatic heterocycles. The predicted molar refractivity (Wildman–Crippen MR) is 79.3 cm³/mol. The van der Waals surface area contributed by atoms with E-state index in [0.29, 0.717) is 4.75 Å². The summed E-state index contributed by atoms with van der Waals surface area (Å²) in [6.45, 7) is 0.984. The molecule has 0 aromatic heterocycles. The highest BCUT2D eigenvalue weighted by Crippen LogP contribution is 2.51. The minimum absolute atomic E-state index is 0.368. The lowest BCUT2D eigenvalue weighted by Crippen LogP contribution is -2.40. The number of rotatable bonds is 4. The molecule has 0 spiro atoms. The summed E-state index contributed by atoms with van der Waals surface area (Å²) in [6, 6.07) is 10.6. The van der Waals surface area contributed by atoms with Gasteiger partial charge in [-0.15, -0.1) is 11.8 Å². The lowest BCUT2D eigenvalue weighted by atomic mass is 10.4. The summed E-state index contributed by atoms with van der Waals surface area (Å²) >= 11 is 1.99. The number of thioether (sulfide) groups is 1. The number of hydrogen-bond donors (Lipinski definition) is 1. The van der Waals surface area contributed by atoms with E-state index < -0.39 is 0 Å². The van der Waals surface area contributed by atoms with Crippen LogP contribution in [0.3, 0.4) is 0 Å². The Labute approximate surface area is 114 Å². The van der Waals surface area contributed by atoms with Crippen molar-refractivity contribution in [3.8, 4) is 0 Å². The lowest BCUT2D eigenvalue weighted by Gasteiger charge is -2.21. The van der Waals surface area contributed by atoms with Crippen molar-refractivity contribution < 1.29 is 0 Å². The first-order chi connectivity index (χ1) is 8.65. The number of nitrogens with zero attached hydrogens (tertiary/aromatic N) is 2. The van der Waals surface area contributed by atoms with Gasteiger partial charge in [0.15, 0.2) is 5.96 Å². The normalized spacial score (nSPS) is 17.4. The van der Waals surface area contributed by atoms with Gasteiger partial charge >= 0.3 is 0 Å². The average Bonchev–Trinajstić information content (AvgIpc) is 3.11. The molecular weight excluding hydrogens is 242 g/mol. The summed E-state index contributed by atoms with van der Waals surface area (Å²) in [5.41, 5.74) is 0. The lowest BCUT2D eigenvalue weighted by molar-refractivity contribution is 0.580. The molecule has 0 unspecified atom stereocenters. The van der Waals surface area contributed by atoms with Gasteiger partial charge in [-0.2, -0.15) is 0 Å². The first kappa shape index (κ1) is 13.3. The summed E-state index contributed by atoms with van der Waals surface area (Å²) in [4.78, 5) is 7.62.